The quantitative estimate of drug-likeness (QED) is 0.815. The maximum Gasteiger partial charge on any atom is 0.123 e. The third-order valence-electron chi connectivity index (χ3n) is 3.23. The summed E-state index contributed by atoms with van der Waals surface area (Å²) in [5.41, 5.74) is 2.19. The van der Waals surface area contributed by atoms with Crippen molar-refractivity contribution in [2.24, 2.45) is 5.92 Å². The van der Waals surface area contributed by atoms with Crippen molar-refractivity contribution < 1.29 is 4.39 Å². The molecule has 0 fully saturated rings. The molecule has 3 heteroatoms. The highest BCUT2D eigenvalue weighted by molar-refractivity contribution is 5.26. The molecule has 0 amide bonds. The monoisotopic (exact) mass is 266 g/mol. The molecule has 19 heavy (non-hydrogen) atoms. The van der Waals surface area contributed by atoms with Crippen LogP contribution in [0.3, 0.4) is 0 Å². The van der Waals surface area contributed by atoms with E-state index in [9.17, 15) is 4.39 Å². The van der Waals surface area contributed by atoms with Gasteiger partial charge in [-0.2, -0.15) is 0 Å². The lowest BCUT2D eigenvalue weighted by atomic mass is 10.0. The first-order valence-corrected chi connectivity index (χ1v) is 7.01. The van der Waals surface area contributed by atoms with Gasteiger partial charge in [-0.15, -0.1) is 0 Å². The Hall–Kier alpha value is -0.930. The molecule has 0 saturated carbocycles. The van der Waals surface area contributed by atoms with Crippen LogP contribution in [0.2, 0.25) is 0 Å². The molecule has 1 aromatic carbocycles. The minimum atomic E-state index is -0.157. The van der Waals surface area contributed by atoms with E-state index in [1.165, 1.54) is 6.07 Å². The number of hydrogen-bond donors (Lipinski definition) is 1. The molecule has 1 atom stereocenters. The van der Waals surface area contributed by atoms with Crippen LogP contribution >= 0.6 is 0 Å². The standard InChI is InChI=1S/C16H27FN2/c1-12(2)8-16(11-19(4)5)18-10-14-9-15(17)7-6-13(14)3/h6-7,9,12,16,18H,8,10-11H2,1-5H3. The third kappa shape index (κ3) is 6.17. The molecule has 1 aromatic rings. The van der Waals surface area contributed by atoms with E-state index in [0.29, 0.717) is 12.0 Å². The Morgan fingerprint density at radius 2 is 1.95 bits per heavy atom. The fourth-order valence-corrected chi connectivity index (χ4v) is 2.32. The van der Waals surface area contributed by atoms with Crippen molar-refractivity contribution >= 4 is 0 Å². The van der Waals surface area contributed by atoms with Crippen molar-refractivity contribution in [3.05, 3.63) is 35.1 Å². The number of hydrogen-bond acceptors (Lipinski definition) is 2. The van der Waals surface area contributed by atoms with Gasteiger partial charge in [-0.25, -0.2) is 4.39 Å². The second kappa shape index (κ2) is 7.61. The number of aryl methyl sites for hydroxylation is 1. The number of halogens is 1. The molecular formula is C16H27FN2. The van der Waals surface area contributed by atoms with Crippen molar-refractivity contribution in [1.82, 2.24) is 10.2 Å². The largest absolute Gasteiger partial charge is 0.309 e. The smallest absolute Gasteiger partial charge is 0.123 e. The van der Waals surface area contributed by atoms with Gasteiger partial charge in [-0.05, 0) is 56.6 Å². The highest BCUT2D eigenvalue weighted by Gasteiger charge is 2.12. The van der Waals surface area contributed by atoms with Gasteiger partial charge in [0, 0.05) is 19.1 Å². The van der Waals surface area contributed by atoms with Crippen LogP contribution in [-0.4, -0.2) is 31.6 Å². The van der Waals surface area contributed by atoms with E-state index in [2.05, 4.69) is 38.2 Å². The van der Waals surface area contributed by atoms with Crippen LogP contribution in [-0.2, 0) is 6.54 Å². The first kappa shape index (κ1) is 16.1. The second-order valence-electron chi connectivity index (χ2n) is 6.04. The predicted octanol–water partition coefficient (Wildman–Crippen LogP) is 3.20. The molecular weight excluding hydrogens is 239 g/mol. The molecule has 0 spiro atoms. The lowest BCUT2D eigenvalue weighted by Crippen LogP contribution is -2.38. The first-order valence-electron chi connectivity index (χ1n) is 7.01. The summed E-state index contributed by atoms with van der Waals surface area (Å²) in [4.78, 5) is 2.19. The Bertz CT molecular complexity index is 378. The lowest BCUT2D eigenvalue weighted by Gasteiger charge is -2.24. The van der Waals surface area contributed by atoms with Crippen LogP contribution < -0.4 is 5.32 Å². The van der Waals surface area contributed by atoms with E-state index in [1.54, 1.807) is 6.07 Å². The van der Waals surface area contributed by atoms with Gasteiger partial charge >= 0.3 is 0 Å². The summed E-state index contributed by atoms with van der Waals surface area (Å²) in [6, 6.07) is 5.43. The van der Waals surface area contributed by atoms with E-state index < -0.39 is 0 Å². The van der Waals surface area contributed by atoms with Crippen LogP contribution in [0.4, 0.5) is 4.39 Å². The molecule has 0 aliphatic carbocycles. The first-order chi connectivity index (χ1) is 8.88. The fraction of sp³-hybridized carbons (Fsp3) is 0.625. The minimum absolute atomic E-state index is 0.157. The summed E-state index contributed by atoms with van der Waals surface area (Å²) < 4.78 is 13.3. The number of nitrogens with one attached hydrogen (secondary N) is 1. The van der Waals surface area contributed by atoms with Crippen LogP contribution in [0, 0.1) is 18.7 Å². The van der Waals surface area contributed by atoms with E-state index in [-0.39, 0.29) is 5.82 Å². The van der Waals surface area contributed by atoms with Gasteiger partial charge in [0.05, 0.1) is 0 Å². The Labute approximate surface area is 117 Å². The van der Waals surface area contributed by atoms with Crippen LogP contribution in [0.25, 0.3) is 0 Å². The van der Waals surface area contributed by atoms with Crippen LogP contribution in [0.15, 0.2) is 18.2 Å². The minimum Gasteiger partial charge on any atom is -0.309 e. The molecule has 0 aliphatic rings. The topological polar surface area (TPSA) is 15.3 Å². The maximum atomic E-state index is 13.3. The normalized spacial score (nSPS) is 13.3. The number of nitrogens with zero attached hydrogens (tertiary/aromatic N) is 1. The molecule has 0 aromatic heterocycles. The fourth-order valence-electron chi connectivity index (χ4n) is 2.32. The molecule has 0 bridgehead atoms. The van der Waals surface area contributed by atoms with Crippen molar-refractivity contribution in [1.29, 1.82) is 0 Å². The van der Waals surface area contributed by atoms with Gasteiger partial charge < -0.3 is 10.2 Å². The van der Waals surface area contributed by atoms with E-state index >= 15 is 0 Å². The SMILES string of the molecule is Cc1ccc(F)cc1CNC(CC(C)C)CN(C)C. The predicted molar refractivity (Wildman–Crippen MR) is 79.8 cm³/mol. The number of benzene rings is 1. The van der Waals surface area contributed by atoms with Crippen LogP contribution in [0.1, 0.15) is 31.4 Å². The Balaban J connectivity index is 2.61. The Morgan fingerprint density at radius 3 is 2.53 bits per heavy atom. The lowest BCUT2D eigenvalue weighted by molar-refractivity contribution is 0.305. The maximum absolute atomic E-state index is 13.3. The summed E-state index contributed by atoms with van der Waals surface area (Å²) in [6.45, 7) is 8.23. The van der Waals surface area contributed by atoms with E-state index in [4.69, 9.17) is 0 Å². The highest BCUT2D eigenvalue weighted by atomic mass is 19.1. The average Bonchev–Trinajstić information content (AvgIpc) is 2.28. The summed E-state index contributed by atoms with van der Waals surface area (Å²) in [5, 5.41) is 3.56. The molecule has 0 saturated heterocycles. The van der Waals surface area contributed by atoms with Crippen molar-refractivity contribution in [2.45, 2.75) is 39.8 Å². The van der Waals surface area contributed by atoms with Gasteiger partial charge in [0.1, 0.15) is 5.82 Å². The number of likely N-dealkylation sites (N-methyl/N-ethyl adjacent to an activating group) is 1. The van der Waals surface area contributed by atoms with Gasteiger partial charge in [0.25, 0.3) is 0 Å². The molecule has 1 rings (SSSR count). The molecule has 1 unspecified atom stereocenters. The molecule has 0 aliphatic heterocycles. The van der Waals surface area contributed by atoms with Crippen molar-refractivity contribution in [3.8, 4) is 0 Å². The summed E-state index contributed by atoms with van der Waals surface area (Å²) in [6.07, 6.45) is 1.13. The average molecular weight is 266 g/mol. The van der Waals surface area contributed by atoms with Gasteiger partial charge in [0.15, 0.2) is 0 Å². The zero-order valence-corrected chi connectivity index (χ0v) is 12.8. The van der Waals surface area contributed by atoms with E-state index in [0.717, 1.165) is 30.6 Å². The van der Waals surface area contributed by atoms with Crippen molar-refractivity contribution in [2.75, 3.05) is 20.6 Å². The molecule has 0 heterocycles. The van der Waals surface area contributed by atoms with Gasteiger partial charge in [0.2, 0.25) is 0 Å². The third-order valence-corrected chi connectivity index (χ3v) is 3.23. The van der Waals surface area contributed by atoms with Crippen LogP contribution in [0.5, 0.6) is 0 Å². The summed E-state index contributed by atoms with van der Waals surface area (Å²) in [7, 11) is 4.17. The highest BCUT2D eigenvalue weighted by Crippen LogP contribution is 2.12. The summed E-state index contributed by atoms with van der Waals surface area (Å²) >= 11 is 0. The van der Waals surface area contributed by atoms with Gasteiger partial charge in [-0.1, -0.05) is 19.9 Å². The zero-order chi connectivity index (χ0) is 14.4. The molecule has 1 N–H and O–H groups in total. The second-order valence-corrected chi connectivity index (χ2v) is 6.04. The van der Waals surface area contributed by atoms with E-state index in [1.807, 2.05) is 13.0 Å². The zero-order valence-electron chi connectivity index (χ0n) is 12.8. The molecule has 108 valence electrons. The molecule has 0 radical (unpaired) electrons. The number of rotatable bonds is 7. The summed E-state index contributed by atoms with van der Waals surface area (Å²) in [5.74, 6) is 0.501. The Morgan fingerprint density at radius 1 is 1.26 bits per heavy atom. The molecule has 2 nitrogen and oxygen atoms in total. The van der Waals surface area contributed by atoms with Gasteiger partial charge in [-0.3, -0.25) is 0 Å². The van der Waals surface area contributed by atoms with Crippen molar-refractivity contribution in [3.63, 3.8) is 0 Å². The Kier molecular flexibility index (Phi) is 6.46.